The molecule has 1 aliphatic rings. The predicted molar refractivity (Wildman–Crippen MR) is 118 cm³/mol. The van der Waals surface area contributed by atoms with E-state index in [2.05, 4.69) is 10.2 Å². The number of likely N-dealkylation sites (N-methyl/N-ethyl adjacent to an activating group) is 1. The van der Waals surface area contributed by atoms with Crippen molar-refractivity contribution in [2.24, 2.45) is 0 Å². The van der Waals surface area contributed by atoms with Crippen LogP contribution in [0.4, 0.5) is 0 Å². The Morgan fingerprint density at radius 1 is 0.900 bits per heavy atom. The Hall–Kier alpha value is -2.74. The molecule has 1 fully saturated rings. The van der Waals surface area contributed by atoms with E-state index in [1.165, 1.54) is 4.31 Å². The van der Waals surface area contributed by atoms with E-state index in [4.69, 9.17) is 0 Å². The molecular weight excluding hydrogens is 398 g/mol. The van der Waals surface area contributed by atoms with Crippen LogP contribution in [0.1, 0.15) is 15.9 Å². The van der Waals surface area contributed by atoms with Gasteiger partial charge >= 0.3 is 0 Å². The van der Waals surface area contributed by atoms with Crippen molar-refractivity contribution in [2.45, 2.75) is 11.4 Å². The van der Waals surface area contributed by atoms with Crippen LogP contribution in [0, 0.1) is 0 Å². The van der Waals surface area contributed by atoms with Crippen molar-refractivity contribution < 1.29 is 13.2 Å². The molecule has 7 heteroatoms. The van der Waals surface area contributed by atoms with E-state index in [0.717, 1.165) is 29.4 Å². The number of carbonyl (C=O) groups is 1. The van der Waals surface area contributed by atoms with Crippen LogP contribution < -0.4 is 5.32 Å². The summed E-state index contributed by atoms with van der Waals surface area (Å²) in [6.45, 7) is 2.80. The van der Waals surface area contributed by atoms with Gasteiger partial charge < -0.3 is 10.2 Å². The van der Waals surface area contributed by atoms with Crippen LogP contribution in [-0.4, -0.2) is 56.8 Å². The number of fused-ring (bicyclic) bond motifs is 1. The van der Waals surface area contributed by atoms with E-state index in [1.807, 2.05) is 49.5 Å². The molecule has 156 valence electrons. The second-order valence-corrected chi connectivity index (χ2v) is 9.50. The van der Waals surface area contributed by atoms with Gasteiger partial charge in [-0.1, -0.05) is 48.5 Å². The maximum atomic E-state index is 12.8. The number of sulfonamides is 1. The molecule has 0 bridgehead atoms. The molecule has 1 N–H and O–H groups in total. The van der Waals surface area contributed by atoms with Gasteiger partial charge in [-0.25, -0.2) is 8.42 Å². The first kappa shape index (κ1) is 20.5. The zero-order chi connectivity index (χ0) is 21.1. The van der Waals surface area contributed by atoms with Crippen LogP contribution in [0.3, 0.4) is 0 Å². The Balaban J connectivity index is 1.43. The maximum absolute atomic E-state index is 12.8. The van der Waals surface area contributed by atoms with Crippen molar-refractivity contribution in [3.63, 3.8) is 0 Å². The Morgan fingerprint density at radius 2 is 1.57 bits per heavy atom. The summed E-state index contributed by atoms with van der Waals surface area (Å²) in [4.78, 5) is 15.1. The lowest BCUT2D eigenvalue weighted by Crippen LogP contribution is -2.47. The number of amides is 1. The average molecular weight is 424 g/mol. The number of piperazine rings is 1. The summed E-state index contributed by atoms with van der Waals surface area (Å²) >= 11 is 0. The van der Waals surface area contributed by atoms with Crippen LogP contribution in [0.2, 0.25) is 0 Å². The summed E-state index contributed by atoms with van der Waals surface area (Å²) in [5, 5.41) is 4.86. The molecule has 6 nitrogen and oxygen atoms in total. The number of hydrogen-bond acceptors (Lipinski definition) is 4. The highest BCUT2D eigenvalue weighted by Crippen LogP contribution is 2.20. The molecule has 1 amide bonds. The van der Waals surface area contributed by atoms with E-state index in [1.54, 1.807) is 24.3 Å². The van der Waals surface area contributed by atoms with Crippen LogP contribution in [0.5, 0.6) is 0 Å². The summed E-state index contributed by atoms with van der Waals surface area (Å²) in [5.74, 6) is -0.152. The molecule has 0 spiro atoms. The van der Waals surface area contributed by atoms with Gasteiger partial charge in [0.2, 0.25) is 10.0 Å². The second-order valence-electron chi connectivity index (χ2n) is 7.56. The van der Waals surface area contributed by atoms with E-state index in [-0.39, 0.29) is 10.8 Å². The molecule has 3 aromatic carbocycles. The van der Waals surface area contributed by atoms with Gasteiger partial charge in [0, 0.05) is 38.3 Å². The fourth-order valence-electron chi connectivity index (χ4n) is 3.66. The maximum Gasteiger partial charge on any atom is 0.252 e. The lowest BCUT2D eigenvalue weighted by Gasteiger charge is -2.31. The van der Waals surface area contributed by atoms with Crippen molar-refractivity contribution in [3.05, 3.63) is 77.9 Å². The first-order valence-corrected chi connectivity index (χ1v) is 11.4. The van der Waals surface area contributed by atoms with Gasteiger partial charge in [-0.15, -0.1) is 0 Å². The minimum atomic E-state index is -3.48. The number of benzene rings is 3. The third kappa shape index (κ3) is 4.23. The molecule has 1 heterocycles. The normalized spacial score (nSPS) is 15.9. The SMILES string of the molecule is CN1CCN(S(=O)(=O)c2ccc(CNC(=O)c3cccc4ccccc34)cc2)CC1. The number of hydrogen-bond donors (Lipinski definition) is 1. The Kier molecular flexibility index (Phi) is 5.85. The van der Waals surface area contributed by atoms with Gasteiger partial charge in [-0.2, -0.15) is 4.31 Å². The van der Waals surface area contributed by atoms with Crippen molar-refractivity contribution in [3.8, 4) is 0 Å². The minimum Gasteiger partial charge on any atom is -0.348 e. The summed E-state index contributed by atoms with van der Waals surface area (Å²) < 4.78 is 27.2. The highest BCUT2D eigenvalue weighted by atomic mass is 32.2. The minimum absolute atomic E-state index is 0.152. The zero-order valence-corrected chi connectivity index (χ0v) is 17.7. The molecule has 0 unspecified atom stereocenters. The predicted octanol–water partition coefficient (Wildman–Crippen LogP) is 2.71. The molecular formula is C23H25N3O3S. The topological polar surface area (TPSA) is 69.7 Å². The Bertz CT molecular complexity index is 1150. The van der Waals surface area contributed by atoms with Gasteiger partial charge in [0.05, 0.1) is 4.90 Å². The fourth-order valence-corrected chi connectivity index (χ4v) is 5.08. The van der Waals surface area contributed by atoms with Crippen LogP contribution in [0.15, 0.2) is 71.6 Å². The van der Waals surface area contributed by atoms with E-state index in [9.17, 15) is 13.2 Å². The van der Waals surface area contributed by atoms with Gasteiger partial charge in [0.25, 0.3) is 5.91 Å². The van der Waals surface area contributed by atoms with Crippen molar-refractivity contribution in [2.75, 3.05) is 33.2 Å². The van der Waals surface area contributed by atoms with E-state index >= 15 is 0 Å². The number of nitrogens with one attached hydrogen (secondary N) is 1. The molecule has 0 aliphatic carbocycles. The number of rotatable bonds is 5. The van der Waals surface area contributed by atoms with Gasteiger partial charge in [-0.05, 0) is 41.6 Å². The smallest absolute Gasteiger partial charge is 0.252 e. The first-order valence-electron chi connectivity index (χ1n) is 9.99. The third-order valence-corrected chi connectivity index (χ3v) is 7.42. The molecule has 1 aliphatic heterocycles. The fraction of sp³-hybridized carbons (Fsp3) is 0.261. The lowest BCUT2D eigenvalue weighted by atomic mass is 10.0. The summed E-state index contributed by atoms with van der Waals surface area (Å²) in [6, 6.07) is 20.2. The van der Waals surface area contributed by atoms with E-state index < -0.39 is 10.0 Å². The first-order chi connectivity index (χ1) is 14.4. The molecule has 1 saturated heterocycles. The molecule has 3 aromatic rings. The lowest BCUT2D eigenvalue weighted by molar-refractivity contribution is 0.0952. The molecule has 0 radical (unpaired) electrons. The van der Waals surface area contributed by atoms with Crippen LogP contribution >= 0.6 is 0 Å². The van der Waals surface area contributed by atoms with Crippen molar-refractivity contribution in [1.29, 1.82) is 0 Å². The molecule has 30 heavy (non-hydrogen) atoms. The largest absolute Gasteiger partial charge is 0.348 e. The molecule has 4 rings (SSSR count). The average Bonchev–Trinajstić information content (AvgIpc) is 2.77. The van der Waals surface area contributed by atoms with Gasteiger partial charge in [-0.3, -0.25) is 4.79 Å². The zero-order valence-electron chi connectivity index (χ0n) is 16.9. The highest BCUT2D eigenvalue weighted by Gasteiger charge is 2.27. The number of carbonyl (C=O) groups excluding carboxylic acids is 1. The monoisotopic (exact) mass is 423 g/mol. The van der Waals surface area contributed by atoms with Crippen LogP contribution in [0.25, 0.3) is 10.8 Å². The standard InChI is InChI=1S/C23H25N3O3S/c1-25-13-15-26(16-14-25)30(28,29)20-11-9-18(10-12-20)17-24-23(27)22-8-4-6-19-5-2-3-7-21(19)22/h2-12H,13-17H2,1H3,(H,24,27). The van der Waals surface area contributed by atoms with Crippen LogP contribution in [-0.2, 0) is 16.6 Å². The Morgan fingerprint density at radius 3 is 2.30 bits per heavy atom. The molecule has 0 saturated carbocycles. The summed E-state index contributed by atoms with van der Waals surface area (Å²) in [7, 11) is -1.49. The van der Waals surface area contributed by atoms with Gasteiger partial charge in [0.15, 0.2) is 0 Å². The summed E-state index contributed by atoms with van der Waals surface area (Å²) in [6.07, 6.45) is 0. The summed E-state index contributed by atoms with van der Waals surface area (Å²) in [5.41, 5.74) is 1.48. The van der Waals surface area contributed by atoms with Crippen molar-refractivity contribution in [1.82, 2.24) is 14.5 Å². The van der Waals surface area contributed by atoms with Gasteiger partial charge in [0.1, 0.15) is 0 Å². The Labute approximate surface area is 177 Å². The highest BCUT2D eigenvalue weighted by molar-refractivity contribution is 7.89. The van der Waals surface area contributed by atoms with E-state index in [0.29, 0.717) is 25.2 Å². The third-order valence-electron chi connectivity index (χ3n) is 5.51. The molecule has 0 atom stereocenters. The second kappa shape index (κ2) is 8.55. The van der Waals surface area contributed by atoms with Crippen molar-refractivity contribution >= 4 is 26.7 Å². The number of nitrogens with zero attached hydrogens (tertiary/aromatic N) is 2. The molecule has 0 aromatic heterocycles. The quantitative estimate of drug-likeness (QED) is 0.685.